The van der Waals surface area contributed by atoms with Gasteiger partial charge in [0, 0.05) is 12.1 Å². The Morgan fingerprint density at radius 1 is 1.37 bits per heavy atom. The molecule has 2 N–H and O–H groups in total. The molecule has 0 amide bonds. The van der Waals surface area contributed by atoms with Crippen molar-refractivity contribution >= 4 is 16.0 Å². The number of carboxylic acids is 1. The molecule has 0 aromatic heterocycles. The van der Waals surface area contributed by atoms with Gasteiger partial charge in [-0.3, -0.25) is 9.52 Å². The Labute approximate surface area is 162 Å². The van der Waals surface area contributed by atoms with Gasteiger partial charge in [-0.25, -0.2) is 8.42 Å². The van der Waals surface area contributed by atoms with Gasteiger partial charge in [0.2, 0.25) is 10.0 Å². The second kappa shape index (κ2) is 10.3. The van der Waals surface area contributed by atoms with Crippen molar-refractivity contribution in [3.05, 3.63) is 59.3 Å². The van der Waals surface area contributed by atoms with Crippen LogP contribution >= 0.6 is 0 Å². The van der Waals surface area contributed by atoms with Crippen molar-refractivity contribution in [2.75, 3.05) is 5.75 Å². The molecular weight excluding hydrogens is 362 g/mol. The molecule has 6 heteroatoms. The number of unbranched alkanes of at least 4 members (excludes halogenated alkanes) is 1. The van der Waals surface area contributed by atoms with Crippen LogP contribution in [0.1, 0.15) is 49.7 Å². The first-order chi connectivity index (χ1) is 12.8. The van der Waals surface area contributed by atoms with Gasteiger partial charge in [0.05, 0.1) is 5.75 Å². The lowest BCUT2D eigenvalue weighted by molar-refractivity contribution is -0.137. The van der Waals surface area contributed by atoms with E-state index in [1.807, 2.05) is 43.3 Å². The summed E-state index contributed by atoms with van der Waals surface area (Å²) in [6.07, 6.45) is 10.7. The van der Waals surface area contributed by atoms with Gasteiger partial charge in [0.1, 0.15) is 0 Å². The van der Waals surface area contributed by atoms with E-state index in [9.17, 15) is 13.2 Å². The molecule has 0 spiro atoms. The van der Waals surface area contributed by atoms with Gasteiger partial charge in [-0.1, -0.05) is 48.1 Å². The van der Waals surface area contributed by atoms with Gasteiger partial charge in [-0.05, 0) is 56.9 Å². The molecule has 2 rings (SSSR count). The van der Waals surface area contributed by atoms with Crippen molar-refractivity contribution in [3.8, 4) is 0 Å². The molecule has 1 aromatic carbocycles. The maximum absolute atomic E-state index is 12.4. The highest BCUT2D eigenvalue weighted by molar-refractivity contribution is 7.89. The van der Waals surface area contributed by atoms with Gasteiger partial charge in [-0.2, -0.15) is 0 Å². The average Bonchev–Trinajstić information content (AvgIpc) is 2.60. The number of nitrogens with one attached hydrogen (secondary N) is 1. The Bertz CT molecular complexity index is 796. The molecule has 5 nitrogen and oxygen atoms in total. The molecule has 0 saturated carbocycles. The zero-order chi connectivity index (χ0) is 19.7. The molecule has 1 aromatic rings. The second-order valence-corrected chi connectivity index (χ2v) is 8.96. The fourth-order valence-corrected chi connectivity index (χ4v) is 4.38. The minimum Gasteiger partial charge on any atom is -0.481 e. The Morgan fingerprint density at radius 2 is 2.19 bits per heavy atom. The number of carbonyl (C=O) groups is 1. The van der Waals surface area contributed by atoms with Crippen LogP contribution in [0.2, 0.25) is 0 Å². The van der Waals surface area contributed by atoms with E-state index >= 15 is 0 Å². The van der Waals surface area contributed by atoms with Crippen LogP contribution in [0.25, 0.3) is 0 Å². The van der Waals surface area contributed by atoms with E-state index in [1.165, 1.54) is 0 Å². The highest BCUT2D eigenvalue weighted by Crippen LogP contribution is 2.23. The van der Waals surface area contributed by atoms with Crippen LogP contribution in [0.15, 0.2) is 48.2 Å². The van der Waals surface area contributed by atoms with Crippen molar-refractivity contribution in [3.63, 3.8) is 0 Å². The first-order valence-corrected chi connectivity index (χ1v) is 11.1. The largest absolute Gasteiger partial charge is 0.481 e. The zero-order valence-electron chi connectivity index (χ0n) is 15.9. The Hall–Kier alpha value is -2.08. The number of aliphatic carboxylic acids is 1. The summed E-state index contributed by atoms with van der Waals surface area (Å²) in [7, 11) is -3.36. The van der Waals surface area contributed by atoms with E-state index in [4.69, 9.17) is 5.11 Å². The SMILES string of the molecule is Cc1cccc(CCS(=O)(=O)NC2=CC(C=CCCCC(=O)O)CCC2)c1. The lowest BCUT2D eigenvalue weighted by atomic mass is 9.93. The van der Waals surface area contributed by atoms with Crippen LogP contribution in [0.3, 0.4) is 0 Å². The van der Waals surface area contributed by atoms with Crippen molar-refractivity contribution in [1.29, 1.82) is 0 Å². The smallest absolute Gasteiger partial charge is 0.303 e. The second-order valence-electron chi connectivity index (χ2n) is 7.12. The molecule has 0 bridgehead atoms. The summed E-state index contributed by atoms with van der Waals surface area (Å²) < 4.78 is 27.6. The Balaban J connectivity index is 1.85. The molecule has 0 saturated heterocycles. The molecule has 148 valence electrons. The van der Waals surface area contributed by atoms with Gasteiger partial charge in [0.15, 0.2) is 0 Å². The van der Waals surface area contributed by atoms with E-state index in [2.05, 4.69) is 10.8 Å². The lowest BCUT2D eigenvalue weighted by Crippen LogP contribution is -2.28. The standard InChI is InChI=1S/C21H29NO4S/c1-17-7-5-9-19(15-17)13-14-27(25,26)22-20-11-6-10-18(16-20)8-3-2-4-12-21(23)24/h3,5,7-9,15-16,18,22H,2,4,6,10-14H2,1H3,(H,23,24). The van der Waals surface area contributed by atoms with Crippen molar-refractivity contribution in [2.45, 2.75) is 51.9 Å². The first-order valence-electron chi connectivity index (χ1n) is 9.49. The number of allylic oxidation sites excluding steroid dienone is 4. The summed E-state index contributed by atoms with van der Waals surface area (Å²) in [5.41, 5.74) is 2.93. The molecule has 0 aliphatic heterocycles. The quantitative estimate of drug-likeness (QED) is 0.467. The molecule has 1 atom stereocenters. The molecular formula is C21H29NO4S. The number of sulfonamides is 1. The van der Waals surface area contributed by atoms with Gasteiger partial charge < -0.3 is 5.11 Å². The maximum Gasteiger partial charge on any atom is 0.303 e. The van der Waals surface area contributed by atoms with Crippen molar-refractivity contribution in [2.24, 2.45) is 5.92 Å². The zero-order valence-corrected chi connectivity index (χ0v) is 16.7. The fourth-order valence-electron chi connectivity index (χ4n) is 3.20. The third-order valence-corrected chi connectivity index (χ3v) is 5.89. The number of carboxylic acid groups (broad SMARTS) is 1. The molecule has 27 heavy (non-hydrogen) atoms. The number of rotatable bonds is 10. The molecule has 0 fully saturated rings. The van der Waals surface area contributed by atoms with E-state index in [1.54, 1.807) is 0 Å². The van der Waals surface area contributed by atoms with Crippen LogP contribution < -0.4 is 4.72 Å². The molecule has 1 aliphatic carbocycles. The lowest BCUT2D eigenvalue weighted by Gasteiger charge is -2.20. The maximum atomic E-state index is 12.4. The van der Waals surface area contributed by atoms with Crippen molar-refractivity contribution < 1.29 is 18.3 Å². The third-order valence-electron chi connectivity index (χ3n) is 4.57. The summed E-state index contributed by atoms with van der Waals surface area (Å²) >= 11 is 0. The predicted octanol–water partition coefficient (Wildman–Crippen LogP) is 3.95. The predicted molar refractivity (Wildman–Crippen MR) is 108 cm³/mol. The number of hydrogen-bond acceptors (Lipinski definition) is 3. The number of benzene rings is 1. The van der Waals surface area contributed by atoms with Crippen molar-refractivity contribution in [1.82, 2.24) is 4.72 Å². The average molecular weight is 392 g/mol. The van der Waals surface area contributed by atoms with Crippen LogP contribution in [0.4, 0.5) is 0 Å². The number of aryl methyl sites for hydroxylation is 2. The Kier molecular flexibility index (Phi) is 8.10. The highest BCUT2D eigenvalue weighted by atomic mass is 32.2. The molecule has 1 aliphatic rings. The summed E-state index contributed by atoms with van der Waals surface area (Å²) in [4.78, 5) is 10.5. The minimum absolute atomic E-state index is 0.0729. The molecule has 1 unspecified atom stereocenters. The van der Waals surface area contributed by atoms with Crippen LogP contribution in [0.5, 0.6) is 0 Å². The summed E-state index contributed by atoms with van der Waals surface area (Å²) in [6, 6.07) is 7.91. The summed E-state index contributed by atoms with van der Waals surface area (Å²) in [5.74, 6) is -0.495. The van der Waals surface area contributed by atoms with E-state index in [0.717, 1.165) is 42.5 Å². The van der Waals surface area contributed by atoms with Gasteiger partial charge in [0.25, 0.3) is 0 Å². The van der Waals surface area contributed by atoms with E-state index in [-0.39, 0.29) is 18.1 Å². The normalized spacial score (nSPS) is 17.7. The Morgan fingerprint density at radius 3 is 2.93 bits per heavy atom. The monoisotopic (exact) mass is 391 g/mol. The highest BCUT2D eigenvalue weighted by Gasteiger charge is 2.17. The number of hydrogen-bond donors (Lipinski definition) is 2. The topological polar surface area (TPSA) is 83.5 Å². The van der Waals surface area contributed by atoms with Crippen LogP contribution in [-0.2, 0) is 21.2 Å². The van der Waals surface area contributed by atoms with Crippen LogP contribution in [0, 0.1) is 12.8 Å². The van der Waals surface area contributed by atoms with E-state index in [0.29, 0.717) is 12.8 Å². The fraction of sp³-hybridized carbons (Fsp3) is 0.476. The molecule has 0 radical (unpaired) electrons. The molecule has 0 heterocycles. The minimum atomic E-state index is -3.36. The summed E-state index contributed by atoms with van der Waals surface area (Å²) in [6.45, 7) is 2.00. The van der Waals surface area contributed by atoms with Gasteiger partial charge in [-0.15, -0.1) is 0 Å². The van der Waals surface area contributed by atoms with E-state index < -0.39 is 16.0 Å². The summed E-state index contributed by atoms with van der Waals surface area (Å²) in [5, 5.41) is 8.64. The first kappa shape index (κ1) is 21.2. The third kappa shape index (κ3) is 8.43. The van der Waals surface area contributed by atoms with Gasteiger partial charge >= 0.3 is 5.97 Å². The van der Waals surface area contributed by atoms with Crippen LogP contribution in [-0.4, -0.2) is 25.2 Å².